The molecule has 1 amide bonds. The van der Waals surface area contributed by atoms with E-state index in [4.69, 9.17) is 33.5 Å². The second kappa shape index (κ2) is 23.8. The summed E-state index contributed by atoms with van der Waals surface area (Å²) < 4.78 is 37.0. The Labute approximate surface area is 456 Å². The molecule has 0 saturated carbocycles. The van der Waals surface area contributed by atoms with Crippen LogP contribution in [0.3, 0.4) is 0 Å². The highest BCUT2D eigenvalue weighted by atomic mass is 16.7. The fourth-order valence-electron chi connectivity index (χ4n) is 10.5. The minimum absolute atomic E-state index is 0.0266. The number of rotatable bonds is 10. The molecular formula is C56H69N7O16. The molecular weight excluding hydrogens is 1030 g/mol. The number of aromatic nitrogens is 2. The average molecular weight is 1100 g/mol. The van der Waals surface area contributed by atoms with E-state index in [2.05, 4.69) is 15.2 Å². The number of nitrogens with zero attached hydrogens (tertiary/aromatic N) is 6. The van der Waals surface area contributed by atoms with E-state index in [-0.39, 0.29) is 69.0 Å². The summed E-state index contributed by atoms with van der Waals surface area (Å²) in [6, 6.07) is 8.19. The number of imidazole rings is 1. The number of hydrogen-bond donors (Lipinski definition) is 6. The van der Waals surface area contributed by atoms with Gasteiger partial charge < -0.3 is 69.4 Å². The number of Topliss-reactive ketones (excluding diaryl/α,β-unsaturated/α-hetero) is 1. The number of hydrogen-bond acceptors (Lipinski definition) is 20. The van der Waals surface area contributed by atoms with E-state index in [1.54, 1.807) is 49.4 Å². The molecule has 3 aromatic carbocycles. The van der Waals surface area contributed by atoms with Crippen molar-refractivity contribution in [3.8, 4) is 29.0 Å². The number of aliphatic hydroxyl groups excluding tert-OH is 2. The molecule has 6 N–H and O–H groups in total. The first-order valence-electron chi connectivity index (χ1n) is 26.1. The number of nitro groups is 1. The number of carbonyl (C=O) groups is 3. The number of phenolic OH excluding ortho intramolecular Hbond substituents is 3. The standard InChI is InChI=1S/C56H69N7O16/c1-29-11-10-12-30(2)54(71)59-45-39(23-57-62-20-18-60(19-21-62)24-36-13-15-37(16-14-36)27-75-38-25-61-26-41(63(72)73)58-55(61)76-28-38)49(68)42-43(50(45)69)48(67)34(6)52-44(42)53(70)56(8,79-52)77-22-17-40(74-9)31(3)51(78-35(7)64)33(5)47(66)32(4)46(29)65/h10-17,22-23,26,29,31-33,38,40,46-47,51,65-69H,18-21,24-25,27-28H2,1-9H3,(H,59,71)/b11-10+,22-17+,30-12-,57-23+/t29-,31+,32+,33+,38-,40-,46-,47+,51+,56-/m0/s1. The highest BCUT2D eigenvalue weighted by Crippen LogP contribution is 2.55. The van der Waals surface area contributed by atoms with Gasteiger partial charge in [0, 0.05) is 98.9 Å². The molecule has 1 fully saturated rings. The van der Waals surface area contributed by atoms with Crippen molar-refractivity contribution in [3.05, 3.63) is 105 Å². The van der Waals surface area contributed by atoms with E-state index in [0.29, 0.717) is 45.9 Å². The number of amides is 1. The van der Waals surface area contributed by atoms with Gasteiger partial charge in [0.1, 0.15) is 42.3 Å². The molecule has 5 bridgehead atoms. The number of piperazine rings is 1. The maximum absolute atomic E-state index is 14.7. The molecule has 9 rings (SSSR count). The maximum Gasteiger partial charge on any atom is 0.414 e. The number of carbonyl (C=O) groups excluding carboxylic acids is 3. The number of methoxy groups -OCH3 is 1. The smallest absolute Gasteiger partial charge is 0.414 e. The summed E-state index contributed by atoms with van der Waals surface area (Å²) in [6.45, 7) is 16.1. The van der Waals surface area contributed by atoms with Crippen molar-refractivity contribution >= 4 is 46.2 Å². The SMILES string of the molecule is CO[C@H]1/C=C/O[C@@]2(C)Oc3c(C)c(O)c4c(O)c(c(/C=N/N5CCN(Cc6ccc(CO[C@@H]7COc8nc([N+](=O)[O-])cn8C7)cc6)CC5)c(O)c4c3C2=O)NC(=O)/C(C)=C\C=C\[C@H](C)[C@H](O)[C@@H](C)[C@@H](O)[C@@H](C)[C@H](OC(C)=O)[C@@H]1C. The van der Waals surface area contributed by atoms with E-state index in [1.165, 1.54) is 65.6 Å². The lowest BCUT2D eigenvalue weighted by atomic mass is 9.78. The zero-order chi connectivity index (χ0) is 57.2. The predicted molar refractivity (Wildman–Crippen MR) is 288 cm³/mol. The van der Waals surface area contributed by atoms with E-state index < -0.39 is 93.7 Å². The Bertz CT molecular complexity index is 3090. The van der Waals surface area contributed by atoms with Crippen LogP contribution >= 0.6 is 0 Å². The maximum atomic E-state index is 14.7. The monoisotopic (exact) mass is 1100 g/mol. The molecule has 0 spiro atoms. The van der Waals surface area contributed by atoms with Gasteiger partial charge >= 0.3 is 23.6 Å². The first-order valence-corrected chi connectivity index (χ1v) is 26.1. The summed E-state index contributed by atoms with van der Waals surface area (Å²) in [5, 5.41) is 79.1. The van der Waals surface area contributed by atoms with E-state index in [0.717, 1.165) is 11.1 Å². The second-order valence-electron chi connectivity index (χ2n) is 20.9. The van der Waals surface area contributed by atoms with Crippen LogP contribution in [0.2, 0.25) is 0 Å². The van der Waals surface area contributed by atoms with Crippen LogP contribution in [0, 0.1) is 40.7 Å². The molecule has 10 atom stereocenters. The Kier molecular flexibility index (Phi) is 17.4. The number of hydrazone groups is 1. The van der Waals surface area contributed by atoms with Crippen LogP contribution in [-0.4, -0.2) is 150 Å². The molecule has 79 heavy (non-hydrogen) atoms. The van der Waals surface area contributed by atoms with Crippen molar-refractivity contribution in [2.24, 2.45) is 28.8 Å². The Morgan fingerprint density at radius 2 is 1.66 bits per heavy atom. The molecule has 23 heteroatoms. The molecule has 5 aliphatic rings. The van der Waals surface area contributed by atoms with Crippen LogP contribution < -0.4 is 14.8 Å². The Morgan fingerprint density at radius 1 is 0.962 bits per heavy atom. The number of fused-ring (bicyclic) bond motifs is 15. The molecule has 0 aliphatic carbocycles. The molecule has 1 aromatic heterocycles. The van der Waals surface area contributed by atoms with Crippen LogP contribution in [0.25, 0.3) is 10.8 Å². The Balaban J connectivity index is 1.05. The van der Waals surface area contributed by atoms with Gasteiger partial charge in [-0.1, -0.05) is 70.2 Å². The number of aromatic hydroxyl groups is 3. The van der Waals surface area contributed by atoms with Crippen molar-refractivity contribution < 1.29 is 73.3 Å². The summed E-state index contributed by atoms with van der Waals surface area (Å²) in [4.78, 5) is 57.8. The van der Waals surface area contributed by atoms with Gasteiger partial charge in [0.15, 0.2) is 5.75 Å². The molecule has 0 radical (unpaired) electrons. The first-order chi connectivity index (χ1) is 37.5. The van der Waals surface area contributed by atoms with Gasteiger partial charge in [0.25, 0.3) is 11.7 Å². The number of phenols is 3. The zero-order valence-electron chi connectivity index (χ0n) is 45.6. The zero-order valence-corrected chi connectivity index (χ0v) is 45.6. The van der Waals surface area contributed by atoms with Crippen molar-refractivity contribution in [1.29, 1.82) is 0 Å². The quantitative estimate of drug-likeness (QED) is 0.0265. The number of ketones is 1. The van der Waals surface area contributed by atoms with Gasteiger partial charge in [-0.3, -0.25) is 28.9 Å². The number of allylic oxidation sites excluding steroid dienone is 2. The van der Waals surface area contributed by atoms with Crippen molar-refractivity contribution in [2.75, 3.05) is 45.2 Å². The summed E-state index contributed by atoms with van der Waals surface area (Å²) in [5.41, 5.74) is 1.47. The third kappa shape index (κ3) is 12.1. The van der Waals surface area contributed by atoms with Crippen LogP contribution in [0.1, 0.15) is 81.1 Å². The second-order valence-corrected chi connectivity index (χ2v) is 20.9. The number of esters is 1. The number of aliphatic hydroxyl groups is 2. The average Bonchev–Trinajstić information content (AvgIpc) is 3.99. The Hall–Kier alpha value is -7.57. The lowest BCUT2D eigenvalue weighted by Gasteiger charge is -2.38. The molecule has 4 aromatic rings. The van der Waals surface area contributed by atoms with E-state index in [9.17, 15) is 50.0 Å². The fourth-order valence-corrected chi connectivity index (χ4v) is 10.5. The van der Waals surface area contributed by atoms with Crippen LogP contribution in [-0.2, 0) is 48.2 Å². The van der Waals surface area contributed by atoms with Crippen molar-refractivity contribution in [3.63, 3.8) is 0 Å². The number of nitrogens with one attached hydrogen (secondary N) is 1. The van der Waals surface area contributed by atoms with Gasteiger partial charge in [-0.2, -0.15) is 5.10 Å². The lowest BCUT2D eigenvalue weighted by Crippen LogP contribution is -2.46. The fraction of sp³-hybridized carbons (Fsp3) is 0.482. The van der Waals surface area contributed by atoms with Crippen LogP contribution in [0.5, 0.6) is 29.0 Å². The van der Waals surface area contributed by atoms with Gasteiger partial charge in [0.05, 0.1) is 66.1 Å². The third-order valence-corrected chi connectivity index (χ3v) is 15.4. The number of ether oxygens (including phenoxy) is 6. The largest absolute Gasteiger partial charge is 0.507 e. The molecule has 424 valence electrons. The topological polar surface area (TPSA) is 300 Å². The number of benzene rings is 3. The van der Waals surface area contributed by atoms with Gasteiger partial charge in [0.2, 0.25) is 0 Å². The van der Waals surface area contributed by atoms with Crippen LogP contribution in [0.4, 0.5) is 11.5 Å². The predicted octanol–water partition coefficient (Wildman–Crippen LogP) is 5.99. The van der Waals surface area contributed by atoms with Gasteiger partial charge in [-0.25, -0.2) is 0 Å². The minimum atomic E-state index is -2.09. The van der Waals surface area contributed by atoms with E-state index in [1.807, 2.05) is 24.3 Å². The van der Waals surface area contributed by atoms with Gasteiger partial charge in [-0.15, -0.1) is 0 Å². The van der Waals surface area contributed by atoms with E-state index >= 15 is 0 Å². The minimum Gasteiger partial charge on any atom is -0.507 e. The molecule has 6 heterocycles. The summed E-state index contributed by atoms with van der Waals surface area (Å²) in [7, 11) is 1.43. The molecule has 1 saturated heterocycles. The Morgan fingerprint density at radius 3 is 2.33 bits per heavy atom. The first kappa shape index (κ1) is 57.6. The van der Waals surface area contributed by atoms with Crippen molar-refractivity contribution in [2.45, 2.75) is 111 Å². The van der Waals surface area contributed by atoms with Crippen LogP contribution in [0.15, 0.2) is 71.7 Å². The third-order valence-electron chi connectivity index (χ3n) is 15.4. The molecule has 5 aliphatic heterocycles. The summed E-state index contributed by atoms with van der Waals surface area (Å²) in [6.07, 6.45) is 5.69. The molecule has 23 nitrogen and oxygen atoms in total. The highest BCUT2D eigenvalue weighted by molar-refractivity contribution is 6.23. The molecule has 0 unspecified atom stereocenters. The van der Waals surface area contributed by atoms with Gasteiger partial charge in [-0.05, 0) is 36.0 Å². The highest BCUT2D eigenvalue weighted by Gasteiger charge is 2.50. The van der Waals surface area contributed by atoms with Crippen molar-refractivity contribution in [1.82, 2.24) is 19.5 Å². The lowest BCUT2D eigenvalue weighted by molar-refractivity contribution is -0.389. The summed E-state index contributed by atoms with van der Waals surface area (Å²) >= 11 is 0. The summed E-state index contributed by atoms with van der Waals surface area (Å²) in [5.74, 6) is -9.03. The normalized spacial score (nSPS) is 28.6. The number of anilines is 1.